The highest BCUT2D eigenvalue weighted by Crippen LogP contribution is 2.43. The first-order chi connectivity index (χ1) is 49.9. The molecule has 1 aliphatic heterocycles. The van der Waals surface area contributed by atoms with Crippen molar-refractivity contribution in [3.8, 4) is 0 Å². The number of alkyl carbamates (subject to hydrolysis) is 1. The zero-order valence-electron chi connectivity index (χ0n) is 64.3. The van der Waals surface area contributed by atoms with Gasteiger partial charge in [-0.1, -0.05) is 282 Å². The summed E-state index contributed by atoms with van der Waals surface area (Å²) in [5.74, 6) is -6.06. The summed E-state index contributed by atoms with van der Waals surface area (Å²) in [5, 5.41) is 27.4. The van der Waals surface area contributed by atoms with Crippen LogP contribution in [0.3, 0.4) is 0 Å². The Kier molecular flexibility index (Phi) is 44.7. The van der Waals surface area contributed by atoms with E-state index < -0.39 is 117 Å². The van der Waals surface area contributed by atoms with Gasteiger partial charge in [0.2, 0.25) is 29.4 Å². The van der Waals surface area contributed by atoms with Crippen LogP contribution in [0.1, 0.15) is 266 Å². The molecule has 0 saturated carbocycles. The normalized spacial score (nSPS) is 15.0. The zero-order valence-corrected chi connectivity index (χ0v) is 65.2. The molecule has 2 unspecified atom stereocenters. The van der Waals surface area contributed by atoms with Gasteiger partial charge >= 0.3 is 25.9 Å². The Morgan fingerprint density at radius 1 is 0.548 bits per heavy atom. The minimum absolute atomic E-state index is 0.0483. The van der Waals surface area contributed by atoms with E-state index >= 15 is 0 Å². The molecule has 0 radical (unpaired) electrons. The quantitative estimate of drug-likeness (QED) is 0.00908. The highest BCUT2D eigenvalue weighted by molar-refractivity contribution is 7.47. The number of unbranched alkanes of at least 4 members (excludes halogenated alkanes) is 24. The first-order valence-corrected chi connectivity index (χ1v) is 41.1. The van der Waals surface area contributed by atoms with Gasteiger partial charge in [-0.25, -0.2) is 9.36 Å². The lowest BCUT2D eigenvalue weighted by Crippen LogP contribution is -2.64. The minimum Gasteiger partial charge on any atom is -0.462 e. The molecule has 104 heavy (non-hydrogen) atoms. The summed E-state index contributed by atoms with van der Waals surface area (Å²) in [6, 6.07) is 19.3. The van der Waals surface area contributed by atoms with E-state index in [4.69, 9.17) is 23.3 Å². The lowest BCUT2D eigenvalue weighted by Gasteiger charge is -2.36. The number of ether oxygens (including phenoxy) is 3. The Morgan fingerprint density at radius 2 is 1.07 bits per heavy atom. The smallest absolute Gasteiger partial charge is 0.462 e. The SMILES string of the molecule is CCCCCCCCCCCCCCCC(=O)OCC(COP(=O)(O)OCCNC(=O)[C@@H](NC(=O)[C@](O)(CC(C)C)NC(=O)C1CCN(C(=O)[C@@H](Cc2ccc3ccccc3c2)NC(=O)[C@H](Cc2ccccc2)NC(=O)OCC(C)C)CC1)C(C)C)OC(=O)CCCCCCCCCCCCCCC. The van der Waals surface area contributed by atoms with E-state index in [0.717, 1.165) is 66.8 Å². The van der Waals surface area contributed by atoms with Crippen molar-refractivity contribution in [2.45, 2.75) is 297 Å². The van der Waals surface area contributed by atoms with Crippen LogP contribution in [-0.4, -0.2) is 138 Å². The van der Waals surface area contributed by atoms with Crippen molar-refractivity contribution in [3.05, 3.63) is 83.9 Å². The molecule has 0 aromatic heterocycles. The third-order valence-corrected chi connectivity index (χ3v) is 19.9. The number of aliphatic hydroxyl groups is 1. The van der Waals surface area contributed by atoms with Crippen LogP contribution in [0, 0.1) is 23.7 Å². The molecule has 7 N–H and O–H groups in total. The maximum Gasteiger partial charge on any atom is 0.472 e. The van der Waals surface area contributed by atoms with Crippen LogP contribution >= 0.6 is 7.82 Å². The van der Waals surface area contributed by atoms with Gasteiger partial charge < -0.3 is 55.7 Å². The van der Waals surface area contributed by atoms with Crippen LogP contribution in [0.5, 0.6) is 0 Å². The number of carbonyl (C=O) groups excluding carboxylic acids is 8. The maximum absolute atomic E-state index is 14.7. The fourth-order valence-corrected chi connectivity index (χ4v) is 13.6. The number of amides is 6. The molecule has 0 spiro atoms. The van der Waals surface area contributed by atoms with Crippen molar-refractivity contribution >= 4 is 66.2 Å². The molecule has 1 saturated heterocycles. The van der Waals surface area contributed by atoms with Crippen molar-refractivity contribution in [1.29, 1.82) is 0 Å². The van der Waals surface area contributed by atoms with E-state index in [1.807, 2.05) is 86.6 Å². The third kappa shape index (κ3) is 38.2. The number of rotatable bonds is 56. The second-order valence-electron chi connectivity index (χ2n) is 29.7. The van der Waals surface area contributed by atoms with Crippen molar-refractivity contribution < 1.29 is 76.2 Å². The fraction of sp³-hybridized carbons (Fsp3) is 0.704. The summed E-state index contributed by atoms with van der Waals surface area (Å²) < 4.78 is 40.3. The number of nitrogens with zero attached hydrogens (tertiary/aromatic N) is 1. The molecule has 23 heteroatoms. The molecule has 3 aromatic rings. The number of esters is 2. The first kappa shape index (κ1) is 89.9. The average Bonchev–Trinajstić information content (AvgIpc) is 0.821. The molecule has 3 aromatic carbocycles. The lowest BCUT2D eigenvalue weighted by atomic mass is 9.92. The molecule has 6 atom stereocenters. The topological polar surface area (TPSA) is 304 Å². The second-order valence-corrected chi connectivity index (χ2v) is 31.2. The summed E-state index contributed by atoms with van der Waals surface area (Å²) in [4.78, 5) is 123. The van der Waals surface area contributed by atoms with E-state index in [-0.39, 0.29) is 83.0 Å². The summed E-state index contributed by atoms with van der Waals surface area (Å²) in [5.41, 5.74) is -0.940. The molecule has 1 aliphatic rings. The number of carbonyl (C=O) groups is 8. The summed E-state index contributed by atoms with van der Waals surface area (Å²) >= 11 is 0. The number of piperidine rings is 1. The number of likely N-dealkylation sites (tertiary alicyclic amines) is 1. The average molecular weight is 1480 g/mol. The van der Waals surface area contributed by atoms with Gasteiger partial charge in [0.1, 0.15) is 24.7 Å². The van der Waals surface area contributed by atoms with E-state index in [2.05, 4.69) is 40.4 Å². The van der Waals surface area contributed by atoms with Gasteiger partial charge in [-0.2, -0.15) is 0 Å². The summed E-state index contributed by atoms with van der Waals surface area (Å²) in [6.45, 7) is 13.5. The fourth-order valence-electron chi connectivity index (χ4n) is 12.9. The summed E-state index contributed by atoms with van der Waals surface area (Å²) in [7, 11) is -4.86. The van der Waals surface area contributed by atoms with Crippen LogP contribution in [0.2, 0.25) is 0 Å². The summed E-state index contributed by atoms with van der Waals surface area (Å²) in [6.07, 6.45) is 28.5. The standard InChI is InChI=1S/C81H131N6O16P/c1-9-11-13-15-17-19-21-23-25-27-29-31-36-44-72(88)99-59-69(103-73(89)45-37-32-30-28-26-24-22-20-18-16-14-12-10-2)60-102-104(97,98)101-53-50-82-77(92)74(63(7)8)85-79(94)81(96,57-61(3)4)86-75(90)67-48-51-87(52-49-67)78(93)71(56-65-46-47-66-42-38-39-43-68(66)54-65)83-76(91)70(55-64-40-34-33-35-41-64)84-80(95)100-58-62(5)6/h33-35,38-43,46-47,54,61-63,67,69-71,74,96H,9-32,36-37,44-45,48-53,55-60H2,1-8H3,(H,82,92)(H,83,91)(H,84,95)(H,85,94)(H,86,90)(H,97,98)/t69?,70-,71+,74-,81+/m0/s1. The number of nitrogens with one attached hydrogen (secondary N) is 5. The van der Waals surface area contributed by atoms with E-state index in [1.165, 1.54) is 109 Å². The number of hydrogen-bond donors (Lipinski definition) is 7. The van der Waals surface area contributed by atoms with E-state index in [1.54, 1.807) is 32.6 Å². The maximum atomic E-state index is 14.7. The van der Waals surface area contributed by atoms with Crippen molar-refractivity contribution in [1.82, 2.24) is 31.5 Å². The van der Waals surface area contributed by atoms with Gasteiger partial charge in [0.05, 0.1) is 19.8 Å². The van der Waals surface area contributed by atoms with Crippen LogP contribution in [0.25, 0.3) is 10.8 Å². The molecule has 1 heterocycles. The molecule has 0 bridgehead atoms. The Bertz CT molecular complexity index is 3020. The Hall–Kier alpha value is -6.45. The van der Waals surface area contributed by atoms with Gasteiger partial charge in [-0.3, -0.25) is 42.6 Å². The lowest BCUT2D eigenvalue weighted by molar-refractivity contribution is -0.161. The van der Waals surface area contributed by atoms with Gasteiger partial charge in [-0.05, 0) is 65.3 Å². The first-order valence-electron chi connectivity index (χ1n) is 39.6. The number of fused-ring (bicyclic) bond motifs is 1. The van der Waals surface area contributed by atoms with Crippen LogP contribution in [0.15, 0.2) is 72.8 Å². The second kappa shape index (κ2) is 51.7. The van der Waals surface area contributed by atoms with E-state index in [0.29, 0.717) is 12.8 Å². The highest BCUT2D eigenvalue weighted by atomic mass is 31.2. The molecule has 6 amide bonds. The molecule has 4 rings (SSSR count). The van der Waals surface area contributed by atoms with Crippen LogP contribution in [0.4, 0.5) is 4.79 Å². The van der Waals surface area contributed by atoms with Crippen LogP contribution in [-0.2, 0) is 74.2 Å². The molecular formula is C81H131N6O16P. The van der Waals surface area contributed by atoms with Gasteiger partial charge in [0.15, 0.2) is 6.10 Å². The number of phosphoric ester groups is 1. The number of phosphoric acid groups is 1. The third-order valence-electron chi connectivity index (χ3n) is 18.9. The van der Waals surface area contributed by atoms with Gasteiger partial charge in [-0.15, -0.1) is 0 Å². The highest BCUT2D eigenvalue weighted by Gasteiger charge is 2.43. The van der Waals surface area contributed by atoms with Crippen molar-refractivity contribution in [2.75, 3.05) is 46.1 Å². The van der Waals surface area contributed by atoms with E-state index in [9.17, 15) is 52.9 Å². The minimum atomic E-state index is -4.86. The van der Waals surface area contributed by atoms with Crippen molar-refractivity contribution in [3.63, 3.8) is 0 Å². The Morgan fingerprint density at radius 3 is 1.61 bits per heavy atom. The van der Waals surface area contributed by atoms with Gasteiger partial charge in [0, 0.05) is 57.7 Å². The number of hydrogen-bond acceptors (Lipinski definition) is 15. The molecule has 586 valence electrons. The Labute approximate surface area is 621 Å². The molecular weight excluding hydrogens is 1340 g/mol. The molecule has 0 aliphatic carbocycles. The zero-order chi connectivity index (χ0) is 76.0. The molecule has 1 fully saturated rings. The largest absolute Gasteiger partial charge is 0.472 e. The van der Waals surface area contributed by atoms with Gasteiger partial charge in [0.25, 0.3) is 5.91 Å². The monoisotopic (exact) mass is 1470 g/mol. The predicted molar refractivity (Wildman–Crippen MR) is 408 cm³/mol. The van der Waals surface area contributed by atoms with Crippen LogP contribution < -0.4 is 26.6 Å². The molecule has 22 nitrogen and oxygen atoms in total. The number of benzene rings is 3. The predicted octanol–water partition coefficient (Wildman–Crippen LogP) is 14.8. The Balaban J connectivity index is 1.31. The van der Waals surface area contributed by atoms with Crippen molar-refractivity contribution in [2.24, 2.45) is 23.7 Å².